The largest absolute Gasteiger partial charge is 0.481 e. The van der Waals surface area contributed by atoms with Gasteiger partial charge in [-0.3, -0.25) is 9.59 Å². The monoisotopic (exact) mass is 320 g/mol. The van der Waals surface area contributed by atoms with Crippen LogP contribution in [0.2, 0.25) is 0 Å². The number of aliphatic carboxylic acids is 1. The lowest BCUT2D eigenvalue weighted by atomic mass is 9.82. The summed E-state index contributed by atoms with van der Waals surface area (Å²) in [6.07, 6.45) is 2.97. The molecule has 7 nitrogen and oxygen atoms in total. The van der Waals surface area contributed by atoms with Crippen molar-refractivity contribution >= 4 is 21.7 Å². The third-order valence-corrected chi connectivity index (χ3v) is 5.53. The third kappa shape index (κ3) is 7.42. The topological polar surface area (TPSA) is 127 Å². The molecule has 1 saturated carbocycles. The Morgan fingerprint density at radius 2 is 1.76 bits per heavy atom. The fourth-order valence-electron chi connectivity index (χ4n) is 2.51. The molecule has 122 valence electrons. The number of hydrogen-bond donors (Lipinski definition) is 3. The standard InChI is InChI=1S/C13H24N2O5S/c14-12(16)5-7-21(19,20)8-6-15-9-10-1-3-11(4-2-10)13(17)18/h10-11,15H,1-9H2,(H2,14,16)(H,17,18). The fraction of sp³-hybridized carbons (Fsp3) is 0.846. The highest BCUT2D eigenvalue weighted by atomic mass is 32.2. The molecule has 0 atom stereocenters. The zero-order valence-electron chi connectivity index (χ0n) is 12.1. The Morgan fingerprint density at radius 3 is 2.29 bits per heavy atom. The lowest BCUT2D eigenvalue weighted by molar-refractivity contribution is -0.143. The number of amides is 1. The van der Waals surface area contributed by atoms with Gasteiger partial charge in [0, 0.05) is 13.0 Å². The van der Waals surface area contributed by atoms with Crippen LogP contribution in [0.15, 0.2) is 0 Å². The number of carbonyl (C=O) groups excluding carboxylic acids is 1. The molecular formula is C13H24N2O5S. The van der Waals surface area contributed by atoms with E-state index in [0.29, 0.717) is 31.8 Å². The summed E-state index contributed by atoms with van der Waals surface area (Å²) >= 11 is 0. The average molecular weight is 320 g/mol. The van der Waals surface area contributed by atoms with Gasteiger partial charge in [0.15, 0.2) is 9.84 Å². The molecule has 1 fully saturated rings. The number of sulfone groups is 1. The number of carboxylic acids is 1. The first-order valence-corrected chi connectivity index (χ1v) is 9.04. The van der Waals surface area contributed by atoms with E-state index >= 15 is 0 Å². The quantitative estimate of drug-likeness (QED) is 0.503. The number of carboxylic acid groups (broad SMARTS) is 1. The van der Waals surface area contributed by atoms with Crippen LogP contribution in [-0.4, -0.2) is 50.0 Å². The number of carbonyl (C=O) groups is 2. The molecule has 0 aromatic rings. The maximum absolute atomic E-state index is 11.6. The van der Waals surface area contributed by atoms with Crippen LogP contribution >= 0.6 is 0 Å². The molecule has 8 heteroatoms. The summed E-state index contributed by atoms with van der Waals surface area (Å²) in [6.45, 7) is 1.05. The van der Waals surface area contributed by atoms with E-state index in [0.717, 1.165) is 12.8 Å². The second-order valence-corrected chi connectivity index (χ2v) is 7.93. The summed E-state index contributed by atoms with van der Waals surface area (Å²) in [5.74, 6) is -1.36. The number of nitrogens with two attached hydrogens (primary N) is 1. The van der Waals surface area contributed by atoms with Crippen molar-refractivity contribution in [3.8, 4) is 0 Å². The van der Waals surface area contributed by atoms with E-state index in [1.165, 1.54) is 0 Å². The highest BCUT2D eigenvalue weighted by molar-refractivity contribution is 7.91. The van der Waals surface area contributed by atoms with Gasteiger partial charge in [-0.25, -0.2) is 8.42 Å². The highest BCUT2D eigenvalue weighted by Gasteiger charge is 2.25. The Balaban J connectivity index is 2.15. The summed E-state index contributed by atoms with van der Waals surface area (Å²) in [4.78, 5) is 21.4. The molecule has 1 rings (SSSR count). The molecule has 0 aromatic heterocycles. The first kappa shape index (κ1) is 17.9. The number of nitrogens with one attached hydrogen (secondary N) is 1. The van der Waals surface area contributed by atoms with Gasteiger partial charge < -0.3 is 16.2 Å². The van der Waals surface area contributed by atoms with Gasteiger partial charge >= 0.3 is 5.97 Å². The van der Waals surface area contributed by atoms with Crippen LogP contribution in [0.1, 0.15) is 32.1 Å². The van der Waals surface area contributed by atoms with Gasteiger partial charge in [-0.1, -0.05) is 0 Å². The zero-order chi connectivity index (χ0) is 15.9. The average Bonchev–Trinajstić information content (AvgIpc) is 2.42. The summed E-state index contributed by atoms with van der Waals surface area (Å²) in [5.41, 5.74) is 4.92. The molecule has 1 aliphatic rings. The molecule has 0 radical (unpaired) electrons. The van der Waals surface area contributed by atoms with Crippen molar-refractivity contribution in [1.82, 2.24) is 5.32 Å². The van der Waals surface area contributed by atoms with E-state index in [9.17, 15) is 18.0 Å². The van der Waals surface area contributed by atoms with Gasteiger partial charge in [0.05, 0.1) is 17.4 Å². The Morgan fingerprint density at radius 1 is 1.14 bits per heavy atom. The number of primary amides is 1. The minimum Gasteiger partial charge on any atom is -0.481 e. The molecule has 0 saturated heterocycles. The van der Waals surface area contributed by atoms with Gasteiger partial charge in [0.1, 0.15) is 0 Å². The lowest BCUT2D eigenvalue weighted by Crippen LogP contribution is -2.32. The molecule has 0 unspecified atom stereocenters. The van der Waals surface area contributed by atoms with Gasteiger partial charge in [-0.15, -0.1) is 0 Å². The molecule has 0 spiro atoms. The van der Waals surface area contributed by atoms with Crippen molar-refractivity contribution in [1.29, 1.82) is 0 Å². The van der Waals surface area contributed by atoms with Crippen molar-refractivity contribution in [2.24, 2.45) is 17.6 Å². The Hall–Kier alpha value is -1.15. The van der Waals surface area contributed by atoms with Crippen LogP contribution in [0.3, 0.4) is 0 Å². The van der Waals surface area contributed by atoms with Crippen LogP contribution in [0.4, 0.5) is 0 Å². The Bertz CT molecular complexity index is 455. The maximum Gasteiger partial charge on any atom is 0.306 e. The van der Waals surface area contributed by atoms with Crippen LogP contribution < -0.4 is 11.1 Å². The van der Waals surface area contributed by atoms with Crippen molar-refractivity contribution in [3.63, 3.8) is 0 Å². The van der Waals surface area contributed by atoms with Crippen molar-refractivity contribution < 1.29 is 23.1 Å². The molecule has 0 heterocycles. The van der Waals surface area contributed by atoms with Gasteiger partial charge in [0.2, 0.25) is 5.91 Å². The molecule has 1 amide bonds. The normalized spacial score (nSPS) is 22.9. The smallest absolute Gasteiger partial charge is 0.306 e. The molecule has 21 heavy (non-hydrogen) atoms. The van der Waals surface area contributed by atoms with Gasteiger partial charge in [-0.2, -0.15) is 0 Å². The zero-order valence-corrected chi connectivity index (χ0v) is 12.9. The van der Waals surface area contributed by atoms with E-state index in [1.807, 2.05) is 0 Å². The van der Waals surface area contributed by atoms with Gasteiger partial charge in [-0.05, 0) is 38.1 Å². The summed E-state index contributed by atoms with van der Waals surface area (Å²) in [6, 6.07) is 0. The summed E-state index contributed by atoms with van der Waals surface area (Å²) in [7, 11) is -3.24. The molecule has 0 aromatic carbocycles. The number of rotatable bonds is 9. The van der Waals surface area contributed by atoms with E-state index in [4.69, 9.17) is 10.8 Å². The first-order chi connectivity index (χ1) is 9.80. The minimum absolute atomic E-state index is 0.00918. The second-order valence-electron chi connectivity index (χ2n) is 5.63. The third-order valence-electron chi connectivity index (χ3n) is 3.88. The van der Waals surface area contributed by atoms with Gasteiger partial charge in [0.25, 0.3) is 0 Å². The SMILES string of the molecule is NC(=O)CCS(=O)(=O)CCNCC1CCC(C(=O)O)CC1. The molecular weight excluding hydrogens is 296 g/mol. The molecule has 0 bridgehead atoms. The predicted octanol–water partition coefficient (Wildman–Crippen LogP) is -0.243. The van der Waals surface area contributed by atoms with Crippen LogP contribution in [0.5, 0.6) is 0 Å². The van der Waals surface area contributed by atoms with Crippen LogP contribution in [0.25, 0.3) is 0 Å². The van der Waals surface area contributed by atoms with Crippen LogP contribution in [-0.2, 0) is 19.4 Å². The molecule has 4 N–H and O–H groups in total. The van der Waals surface area contributed by atoms with E-state index < -0.39 is 21.7 Å². The maximum atomic E-state index is 11.6. The first-order valence-electron chi connectivity index (χ1n) is 7.22. The van der Waals surface area contributed by atoms with E-state index in [-0.39, 0.29) is 23.8 Å². The van der Waals surface area contributed by atoms with Crippen molar-refractivity contribution in [2.75, 3.05) is 24.6 Å². The highest BCUT2D eigenvalue weighted by Crippen LogP contribution is 2.28. The lowest BCUT2D eigenvalue weighted by Gasteiger charge is -2.26. The number of hydrogen-bond acceptors (Lipinski definition) is 5. The fourth-order valence-corrected chi connectivity index (χ4v) is 3.68. The van der Waals surface area contributed by atoms with Crippen molar-refractivity contribution in [3.05, 3.63) is 0 Å². The van der Waals surface area contributed by atoms with E-state index in [1.54, 1.807) is 0 Å². The predicted molar refractivity (Wildman–Crippen MR) is 78.4 cm³/mol. The second kappa shape index (κ2) is 8.33. The van der Waals surface area contributed by atoms with E-state index in [2.05, 4.69) is 5.32 Å². The minimum atomic E-state index is -3.24. The Kier molecular flexibility index (Phi) is 7.10. The van der Waals surface area contributed by atoms with Crippen molar-refractivity contribution in [2.45, 2.75) is 32.1 Å². The molecule has 1 aliphatic carbocycles. The Labute approximate surface area is 125 Å². The molecule has 0 aliphatic heterocycles. The van der Waals surface area contributed by atoms with Crippen LogP contribution in [0, 0.1) is 11.8 Å². The summed E-state index contributed by atoms with van der Waals surface area (Å²) in [5, 5.41) is 12.0. The summed E-state index contributed by atoms with van der Waals surface area (Å²) < 4.78 is 23.2.